The van der Waals surface area contributed by atoms with Gasteiger partial charge in [0.2, 0.25) is 0 Å². The Morgan fingerprint density at radius 1 is 1.26 bits per heavy atom. The van der Waals surface area contributed by atoms with Crippen molar-refractivity contribution in [3.63, 3.8) is 0 Å². The van der Waals surface area contributed by atoms with Gasteiger partial charge in [-0.1, -0.05) is 0 Å². The van der Waals surface area contributed by atoms with Gasteiger partial charge < -0.3 is 9.47 Å². The van der Waals surface area contributed by atoms with Crippen LogP contribution >= 0.6 is 0 Å². The monoisotopic (exact) mass is 260 g/mol. The molecule has 0 saturated heterocycles. The minimum Gasteiger partial charge on any atom is -0.493 e. The average Bonchev–Trinajstić information content (AvgIpc) is 2.45. The molecule has 1 unspecified atom stereocenters. The van der Waals surface area contributed by atoms with E-state index in [1.165, 1.54) is 11.1 Å². The van der Waals surface area contributed by atoms with E-state index >= 15 is 0 Å². The lowest BCUT2D eigenvalue weighted by Crippen LogP contribution is -2.33. The first-order valence-corrected chi connectivity index (χ1v) is 6.53. The van der Waals surface area contributed by atoms with Gasteiger partial charge in [0.25, 0.3) is 0 Å². The molecule has 2 rings (SSSR count). The number of hydrogen-bond donors (Lipinski definition) is 0. The maximum atomic E-state index is 8.90. The fourth-order valence-corrected chi connectivity index (χ4v) is 2.53. The van der Waals surface area contributed by atoms with E-state index in [0.717, 1.165) is 37.6 Å². The molecule has 0 N–H and O–H groups in total. The van der Waals surface area contributed by atoms with Gasteiger partial charge in [0.15, 0.2) is 11.5 Å². The maximum absolute atomic E-state index is 8.90. The van der Waals surface area contributed by atoms with Gasteiger partial charge in [-0.2, -0.15) is 5.26 Å². The molecule has 1 aliphatic heterocycles. The van der Waals surface area contributed by atoms with Gasteiger partial charge in [0, 0.05) is 19.6 Å². The third-order valence-electron chi connectivity index (χ3n) is 3.55. The summed E-state index contributed by atoms with van der Waals surface area (Å²) in [4.78, 5) is 2.32. The summed E-state index contributed by atoms with van der Waals surface area (Å²) < 4.78 is 10.7. The number of rotatable bonds is 4. The SMILES string of the molecule is COc1cc2c(cc1OC)CN(CC(C)C#N)CC2. The van der Waals surface area contributed by atoms with Gasteiger partial charge in [-0.3, -0.25) is 4.90 Å². The normalized spacial score (nSPS) is 16.3. The lowest BCUT2D eigenvalue weighted by molar-refractivity contribution is 0.236. The van der Waals surface area contributed by atoms with E-state index in [4.69, 9.17) is 14.7 Å². The fraction of sp³-hybridized carbons (Fsp3) is 0.533. The molecule has 0 radical (unpaired) electrons. The molecule has 19 heavy (non-hydrogen) atoms. The van der Waals surface area contributed by atoms with Crippen LogP contribution in [0.2, 0.25) is 0 Å². The highest BCUT2D eigenvalue weighted by Gasteiger charge is 2.20. The van der Waals surface area contributed by atoms with Crippen molar-refractivity contribution in [2.24, 2.45) is 5.92 Å². The highest BCUT2D eigenvalue weighted by Crippen LogP contribution is 2.33. The minimum atomic E-state index is 0.0710. The van der Waals surface area contributed by atoms with Crippen molar-refractivity contribution in [1.29, 1.82) is 5.26 Å². The molecule has 4 heteroatoms. The Balaban J connectivity index is 2.18. The lowest BCUT2D eigenvalue weighted by Gasteiger charge is -2.30. The predicted octanol–water partition coefficient (Wildman–Crippen LogP) is 2.22. The van der Waals surface area contributed by atoms with E-state index in [0.29, 0.717) is 0 Å². The third kappa shape index (κ3) is 2.99. The van der Waals surface area contributed by atoms with Gasteiger partial charge in [0.05, 0.1) is 26.2 Å². The Bertz CT molecular complexity index is 494. The molecule has 1 aromatic rings. The Kier molecular flexibility index (Phi) is 4.28. The number of nitrogens with zero attached hydrogens (tertiary/aromatic N) is 2. The smallest absolute Gasteiger partial charge is 0.161 e. The van der Waals surface area contributed by atoms with Crippen LogP contribution < -0.4 is 9.47 Å². The van der Waals surface area contributed by atoms with E-state index in [1.807, 2.05) is 6.92 Å². The molecule has 0 saturated carbocycles. The van der Waals surface area contributed by atoms with Gasteiger partial charge in [-0.15, -0.1) is 0 Å². The number of nitriles is 1. The van der Waals surface area contributed by atoms with Crippen molar-refractivity contribution in [2.45, 2.75) is 19.9 Å². The first-order valence-electron chi connectivity index (χ1n) is 6.53. The van der Waals surface area contributed by atoms with Crippen molar-refractivity contribution in [3.05, 3.63) is 23.3 Å². The summed E-state index contributed by atoms with van der Waals surface area (Å²) in [5.74, 6) is 1.64. The molecule has 0 spiro atoms. The van der Waals surface area contributed by atoms with Crippen molar-refractivity contribution in [2.75, 3.05) is 27.3 Å². The summed E-state index contributed by atoms with van der Waals surface area (Å²) >= 11 is 0. The number of hydrogen-bond acceptors (Lipinski definition) is 4. The highest BCUT2D eigenvalue weighted by atomic mass is 16.5. The van der Waals surface area contributed by atoms with E-state index < -0.39 is 0 Å². The van der Waals surface area contributed by atoms with E-state index in [2.05, 4.69) is 23.1 Å². The zero-order chi connectivity index (χ0) is 13.8. The number of benzene rings is 1. The molecule has 0 aliphatic carbocycles. The zero-order valence-corrected chi connectivity index (χ0v) is 11.8. The topological polar surface area (TPSA) is 45.5 Å². The summed E-state index contributed by atoms with van der Waals surface area (Å²) in [6.45, 7) is 4.66. The minimum absolute atomic E-state index is 0.0710. The van der Waals surface area contributed by atoms with Gasteiger partial charge in [-0.25, -0.2) is 0 Å². The predicted molar refractivity (Wildman–Crippen MR) is 73.3 cm³/mol. The van der Waals surface area contributed by atoms with Crippen LogP contribution in [0.4, 0.5) is 0 Å². The molecular formula is C15H20N2O2. The molecule has 0 bridgehead atoms. The largest absolute Gasteiger partial charge is 0.493 e. The van der Waals surface area contributed by atoms with Crippen LogP contribution in [0, 0.1) is 17.2 Å². The van der Waals surface area contributed by atoms with Crippen LogP contribution in [-0.2, 0) is 13.0 Å². The van der Waals surface area contributed by atoms with Crippen LogP contribution in [0.5, 0.6) is 11.5 Å². The summed E-state index contributed by atoms with van der Waals surface area (Å²) in [5.41, 5.74) is 2.59. The Labute approximate surface area is 114 Å². The molecule has 1 heterocycles. The number of fused-ring (bicyclic) bond motifs is 1. The first kappa shape index (κ1) is 13.7. The molecule has 4 nitrogen and oxygen atoms in total. The second-order valence-electron chi connectivity index (χ2n) is 4.99. The maximum Gasteiger partial charge on any atom is 0.161 e. The van der Waals surface area contributed by atoms with Gasteiger partial charge in [-0.05, 0) is 36.6 Å². The molecule has 1 aliphatic rings. The molecular weight excluding hydrogens is 240 g/mol. The number of ether oxygens (including phenoxy) is 2. The van der Waals surface area contributed by atoms with Crippen LogP contribution in [0.3, 0.4) is 0 Å². The standard InChI is InChI=1S/C15H20N2O2/c1-11(8-16)9-17-5-4-12-6-14(18-2)15(19-3)7-13(12)10-17/h6-7,11H,4-5,9-10H2,1-3H3. The quantitative estimate of drug-likeness (QED) is 0.832. The molecule has 0 amide bonds. The van der Waals surface area contributed by atoms with E-state index in [1.54, 1.807) is 14.2 Å². The van der Waals surface area contributed by atoms with Crippen molar-refractivity contribution < 1.29 is 9.47 Å². The second-order valence-corrected chi connectivity index (χ2v) is 4.99. The van der Waals surface area contributed by atoms with Crippen LogP contribution in [-0.4, -0.2) is 32.2 Å². The molecule has 0 fully saturated rings. The highest BCUT2D eigenvalue weighted by molar-refractivity contribution is 5.48. The number of methoxy groups -OCH3 is 2. The van der Waals surface area contributed by atoms with Crippen LogP contribution in [0.15, 0.2) is 12.1 Å². The summed E-state index contributed by atoms with van der Waals surface area (Å²) in [5, 5.41) is 8.90. The second kappa shape index (κ2) is 5.94. The third-order valence-corrected chi connectivity index (χ3v) is 3.55. The molecule has 1 aromatic carbocycles. The van der Waals surface area contributed by atoms with Crippen molar-refractivity contribution in [3.8, 4) is 17.6 Å². The molecule has 0 aromatic heterocycles. The zero-order valence-electron chi connectivity index (χ0n) is 11.8. The van der Waals surface area contributed by atoms with E-state index in [-0.39, 0.29) is 5.92 Å². The summed E-state index contributed by atoms with van der Waals surface area (Å²) in [6.07, 6.45) is 0.994. The molecule has 102 valence electrons. The molecule has 1 atom stereocenters. The van der Waals surface area contributed by atoms with Crippen molar-refractivity contribution in [1.82, 2.24) is 4.90 Å². The Morgan fingerprint density at radius 3 is 2.47 bits per heavy atom. The first-order chi connectivity index (χ1) is 9.17. The average molecular weight is 260 g/mol. The fourth-order valence-electron chi connectivity index (χ4n) is 2.53. The van der Waals surface area contributed by atoms with Crippen molar-refractivity contribution >= 4 is 0 Å². The van der Waals surface area contributed by atoms with Gasteiger partial charge in [0.1, 0.15) is 0 Å². The van der Waals surface area contributed by atoms with Gasteiger partial charge >= 0.3 is 0 Å². The van der Waals surface area contributed by atoms with Crippen LogP contribution in [0.1, 0.15) is 18.1 Å². The Morgan fingerprint density at radius 2 is 1.89 bits per heavy atom. The lowest BCUT2D eigenvalue weighted by atomic mass is 9.98. The Hall–Kier alpha value is -1.73. The summed E-state index contributed by atoms with van der Waals surface area (Å²) in [7, 11) is 3.32. The van der Waals surface area contributed by atoms with Crippen LogP contribution in [0.25, 0.3) is 0 Å². The summed E-state index contributed by atoms with van der Waals surface area (Å²) in [6, 6.07) is 6.41. The van der Waals surface area contributed by atoms with E-state index in [9.17, 15) is 0 Å².